The van der Waals surface area contributed by atoms with Crippen LogP contribution >= 0.6 is 0 Å². The summed E-state index contributed by atoms with van der Waals surface area (Å²) in [5, 5.41) is 11.8. The molecule has 0 fully saturated rings. The molecular weight excluding hydrogens is 350 g/mol. The van der Waals surface area contributed by atoms with E-state index < -0.39 is 25.4 Å². The van der Waals surface area contributed by atoms with Crippen LogP contribution in [0.2, 0.25) is 25.7 Å². The van der Waals surface area contributed by atoms with E-state index in [4.69, 9.17) is 14.6 Å². The maximum Gasteiger partial charge on any atom is 0.339 e. The Labute approximate surface area is 155 Å². The SMILES string of the molecule is C=C(C(=O)O)C(=O)/C(=C\NCOCC[Si](C)(C)C)OCc1ccccc1. The molecule has 0 aliphatic heterocycles. The summed E-state index contributed by atoms with van der Waals surface area (Å²) in [6, 6.07) is 10.3. The lowest BCUT2D eigenvalue weighted by Crippen LogP contribution is -2.24. The number of ether oxygens (including phenoxy) is 2. The minimum absolute atomic E-state index is 0.116. The van der Waals surface area contributed by atoms with Gasteiger partial charge in [0, 0.05) is 20.9 Å². The van der Waals surface area contributed by atoms with Crippen molar-refractivity contribution in [2.24, 2.45) is 0 Å². The van der Waals surface area contributed by atoms with E-state index in [1.54, 1.807) is 0 Å². The maximum absolute atomic E-state index is 12.2. The van der Waals surface area contributed by atoms with E-state index in [9.17, 15) is 9.59 Å². The molecule has 1 rings (SSSR count). The van der Waals surface area contributed by atoms with E-state index in [1.165, 1.54) is 6.20 Å². The Morgan fingerprint density at radius 3 is 2.46 bits per heavy atom. The predicted octanol–water partition coefficient (Wildman–Crippen LogP) is 3.16. The van der Waals surface area contributed by atoms with Crippen LogP contribution in [0, 0.1) is 0 Å². The van der Waals surface area contributed by atoms with Gasteiger partial charge in [-0.25, -0.2) is 4.79 Å². The monoisotopic (exact) mass is 377 g/mol. The van der Waals surface area contributed by atoms with Crippen molar-refractivity contribution in [2.75, 3.05) is 13.3 Å². The van der Waals surface area contributed by atoms with Crippen LogP contribution in [0.1, 0.15) is 5.56 Å². The van der Waals surface area contributed by atoms with Crippen LogP contribution in [0.4, 0.5) is 0 Å². The molecule has 142 valence electrons. The topological polar surface area (TPSA) is 84.9 Å². The molecule has 1 aromatic carbocycles. The third-order valence-corrected chi connectivity index (χ3v) is 5.11. The van der Waals surface area contributed by atoms with E-state index in [0.717, 1.165) is 11.6 Å². The van der Waals surface area contributed by atoms with Crippen LogP contribution in [0.3, 0.4) is 0 Å². The smallest absolute Gasteiger partial charge is 0.339 e. The van der Waals surface area contributed by atoms with Gasteiger partial charge in [0.15, 0.2) is 5.76 Å². The first-order valence-corrected chi connectivity index (χ1v) is 12.1. The molecule has 0 aliphatic carbocycles. The van der Waals surface area contributed by atoms with Crippen LogP contribution in [0.25, 0.3) is 0 Å². The van der Waals surface area contributed by atoms with Crippen molar-refractivity contribution < 1.29 is 24.2 Å². The number of carboxylic acid groups (broad SMARTS) is 1. The summed E-state index contributed by atoms with van der Waals surface area (Å²) in [4.78, 5) is 23.2. The Kier molecular flexibility index (Phi) is 8.81. The number of allylic oxidation sites excluding steroid dienone is 1. The van der Waals surface area contributed by atoms with Gasteiger partial charge in [-0.3, -0.25) is 4.79 Å². The summed E-state index contributed by atoms with van der Waals surface area (Å²) in [5.74, 6) is -2.27. The molecule has 6 nitrogen and oxygen atoms in total. The molecule has 2 N–H and O–H groups in total. The van der Waals surface area contributed by atoms with Crippen LogP contribution in [-0.4, -0.2) is 38.3 Å². The zero-order valence-electron chi connectivity index (χ0n) is 15.6. The Hall–Kier alpha value is -2.38. The third-order valence-electron chi connectivity index (χ3n) is 3.41. The summed E-state index contributed by atoms with van der Waals surface area (Å²) in [7, 11) is -1.16. The molecular formula is C19H27NO5Si. The lowest BCUT2D eigenvalue weighted by atomic mass is 10.1. The van der Waals surface area contributed by atoms with Gasteiger partial charge in [0.2, 0.25) is 5.78 Å². The van der Waals surface area contributed by atoms with Crippen LogP contribution in [0.15, 0.2) is 54.4 Å². The first kappa shape index (κ1) is 21.7. The average molecular weight is 378 g/mol. The quantitative estimate of drug-likeness (QED) is 0.111. The molecule has 0 atom stereocenters. The van der Waals surface area contributed by atoms with Gasteiger partial charge < -0.3 is 19.9 Å². The number of hydrogen-bond acceptors (Lipinski definition) is 5. The Morgan fingerprint density at radius 2 is 1.88 bits per heavy atom. The number of nitrogens with one attached hydrogen (secondary N) is 1. The molecule has 0 spiro atoms. The second kappa shape index (κ2) is 10.6. The Bertz CT molecular complexity index is 650. The van der Waals surface area contributed by atoms with Gasteiger partial charge in [0.1, 0.15) is 18.9 Å². The molecule has 0 bridgehead atoms. The van der Waals surface area contributed by atoms with Crippen molar-refractivity contribution in [3.8, 4) is 0 Å². The molecule has 7 heteroatoms. The number of carboxylic acids is 1. The minimum Gasteiger partial charge on any atom is -0.483 e. The minimum atomic E-state index is -1.38. The molecule has 0 saturated heterocycles. The number of ketones is 1. The maximum atomic E-state index is 12.2. The van der Waals surface area contributed by atoms with Gasteiger partial charge in [0.05, 0.1) is 0 Å². The van der Waals surface area contributed by atoms with Gasteiger partial charge in [-0.2, -0.15) is 0 Å². The van der Waals surface area contributed by atoms with E-state index in [2.05, 4.69) is 31.5 Å². The number of hydrogen-bond donors (Lipinski definition) is 2. The number of aliphatic carboxylic acids is 1. The van der Waals surface area contributed by atoms with Crippen LogP contribution in [0.5, 0.6) is 0 Å². The fraction of sp³-hybridized carbons (Fsp3) is 0.368. The highest BCUT2D eigenvalue weighted by Gasteiger charge is 2.20. The van der Waals surface area contributed by atoms with Gasteiger partial charge in [-0.1, -0.05) is 56.6 Å². The highest BCUT2D eigenvalue weighted by Crippen LogP contribution is 2.11. The number of benzene rings is 1. The highest BCUT2D eigenvalue weighted by atomic mass is 28.3. The van der Waals surface area contributed by atoms with Gasteiger partial charge in [-0.05, 0) is 11.6 Å². The van der Waals surface area contributed by atoms with Gasteiger partial charge in [-0.15, -0.1) is 0 Å². The molecule has 0 unspecified atom stereocenters. The van der Waals surface area contributed by atoms with E-state index in [-0.39, 0.29) is 19.1 Å². The second-order valence-electron chi connectivity index (χ2n) is 6.96. The molecule has 0 aromatic heterocycles. The number of carbonyl (C=O) groups is 2. The third kappa shape index (κ3) is 8.64. The largest absolute Gasteiger partial charge is 0.483 e. The van der Waals surface area contributed by atoms with Crippen molar-refractivity contribution in [1.29, 1.82) is 0 Å². The lowest BCUT2D eigenvalue weighted by Gasteiger charge is -2.15. The highest BCUT2D eigenvalue weighted by molar-refractivity contribution is 6.76. The summed E-state index contributed by atoms with van der Waals surface area (Å²) in [5.41, 5.74) is 0.310. The van der Waals surface area contributed by atoms with Crippen LogP contribution in [-0.2, 0) is 25.7 Å². The van der Waals surface area contributed by atoms with Crippen molar-refractivity contribution in [3.63, 3.8) is 0 Å². The number of carbonyl (C=O) groups excluding carboxylic acids is 1. The van der Waals surface area contributed by atoms with Crippen molar-refractivity contribution in [3.05, 3.63) is 60.0 Å². The predicted molar refractivity (Wildman–Crippen MR) is 103 cm³/mol. The summed E-state index contributed by atoms with van der Waals surface area (Å²) in [6.45, 7) is 11.0. The normalized spacial score (nSPS) is 11.7. The fourth-order valence-corrected chi connectivity index (χ4v) is 2.55. The van der Waals surface area contributed by atoms with E-state index >= 15 is 0 Å². The van der Waals surface area contributed by atoms with Crippen molar-refractivity contribution >= 4 is 19.8 Å². The number of Topliss-reactive ketones (excluding diaryl/α,β-unsaturated/α-hetero) is 1. The van der Waals surface area contributed by atoms with Crippen molar-refractivity contribution in [1.82, 2.24) is 5.32 Å². The average Bonchev–Trinajstić information content (AvgIpc) is 2.59. The molecule has 0 amide bonds. The summed E-state index contributed by atoms with van der Waals surface area (Å²) >= 11 is 0. The first-order chi connectivity index (χ1) is 12.2. The first-order valence-electron chi connectivity index (χ1n) is 8.35. The molecule has 0 aliphatic rings. The summed E-state index contributed by atoms with van der Waals surface area (Å²) < 4.78 is 11.0. The lowest BCUT2D eigenvalue weighted by molar-refractivity contribution is -0.134. The molecule has 0 heterocycles. The zero-order valence-corrected chi connectivity index (χ0v) is 16.6. The molecule has 26 heavy (non-hydrogen) atoms. The van der Waals surface area contributed by atoms with Crippen molar-refractivity contribution in [2.45, 2.75) is 32.3 Å². The van der Waals surface area contributed by atoms with E-state index in [0.29, 0.717) is 6.61 Å². The van der Waals surface area contributed by atoms with Crippen LogP contribution < -0.4 is 5.32 Å². The molecule has 0 saturated carbocycles. The van der Waals surface area contributed by atoms with Gasteiger partial charge >= 0.3 is 5.97 Å². The molecule has 1 aromatic rings. The molecule has 0 radical (unpaired) electrons. The van der Waals surface area contributed by atoms with Gasteiger partial charge in [0.25, 0.3) is 0 Å². The standard InChI is InChI=1S/C19H27NO5Si/c1-15(19(22)23)18(21)17(25-13-16-8-6-5-7-9-16)12-20-14-24-10-11-26(2,3)4/h5-9,12,20H,1,10-11,13-14H2,2-4H3,(H,22,23)/b17-12+. The van der Waals surface area contributed by atoms with E-state index in [1.807, 2.05) is 30.3 Å². The Balaban J connectivity index is 2.63. The Morgan fingerprint density at radius 1 is 1.23 bits per heavy atom. The zero-order chi connectivity index (χ0) is 19.6. The number of rotatable bonds is 12. The fourth-order valence-electron chi connectivity index (χ4n) is 1.80. The summed E-state index contributed by atoms with van der Waals surface area (Å²) in [6.07, 6.45) is 1.33. The second-order valence-corrected chi connectivity index (χ2v) is 12.6.